The number of terminal acetylenes is 1. The monoisotopic (exact) mass is 316 g/mol. The van der Waals surface area contributed by atoms with Crippen molar-refractivity contribution in [1.82, 2.24) is 4.72 Å². The molecule has 3 N–H and O–H groups in total. The first-order valence-corrected chi connectivity index (χ1v) is 7.21. The highest BCUT2D eigenvalue weighted by Gasteiger charge is 2.20. The van der Waals surface area contributed by atoms with Crippen LogP contribution in [0.5, 0.6) is 0 Å². The normalized spacial score (nSPS) is 13.0. The van der Waals surface area contributed by atoms with E-state index in [-0.39, 0.29) is 4.90 Å². The van der Waals surface area contributed by atoms with Crippen LogP contribution in [0.4, 0.5) is 5.69 Å². The molecule has 1 atom stereocenters. The first kappa shape index (κ1) is 14.0. The molecule has 1 aromatic carbocycles. The SMILES string of the molecule is C#CC(CC)NS(=O)(=O)c1ccc(N)cc1Br. The number of sulfonamides is 1. The van der Waals surface area contributed by atoms with Crippen molar-refractivity contribution >= 4 is 31.6 Å². The highest BCUT2D eigenvalue weighted by Crippen LogP contribution is 2.24. The van der Waals surface area contributed by atoms with Crippen LogP contribution in [-0.2, 0) is 10.0 Å². The first-order valence-electron chi connectivity index (χ1n) is 4.94. The summed E-state index contributed by atoms with van der Waals surface area (Å²) < 4.78 is 26.9. The molecule has 0 saturated carbocycles. The molecule has 0 amide bonds. The molecule has 6 heteroatoms. The number of hydrogen-bond acceptors (Lipinski definition) is 3. The molecule has 1 unspecified atom stereocenters. The van der Waals surface area contributed by atoms with Crippen LogP contribution in [0, 0.1) is 12.3 Å². The standard InChI is InChI=1S/C11H13BrN2O2S/c1-3-9(4-2)14-17(15,16)11-6-5-8(13)7-10(11)12/h1,5-7,9,14H,4,13H2,2H3. The van der Waals surface area contributed by atoms with Crippen molar-refractivity contribution < 1.29 is 8.42 Å². The minimum Gasteiger partial charge on any atom is -0.399 e. The van der Waals surface area contributed by atoms with Crippen molar-refractivity contribution in [2.75, 3.05) is 5.73 Å². The number of nitrogen functional groups attached to an aromatic ring is 1. The summed E-state index contributed by atoms with van der Waals surface area (Å²) >= 11 is 3.17. The zero-order valence-corrected chi connectivity index (χ0v) is 11.7. The number of nitrogens with two attached hydrogens (primary N) is 1. The molecule has 17 heavy (non-hydrogen) atoms. The van der Waals surface area contributed by atoms with E-state index in [4.69, 9.17) is 12.2 Å². The summed E-state index contributed by atoms with van der Waals surface area (Å²) in [7, 11) is -3.63. The Morgan fingerprint density at radius 1 is 1.59 bits per heavy atom. The second kappa shape index (κ2) is 5.54. The lowest BCUT2D eigenvalue weighted by Gasteiger charge is -2.12. The molecule has 0 radical (unpaired) electrons. The van der Waals surface area contributed by atoms with Gasteiger partial charge in [0.1, 0.15) is 0 Å². The van der Waals surface area contributed by atoms with Crippen LogP contribution in [-0.4, -0.2) is 14.5 Å². The van der Waals surface area contributed by atoms with Crippen molar-refractivity contribution in [2.45, 2.75) is 24.3 Å². The van der Waals surface area contributed by atoms with Gasteiger partial charge in [0, 0.05) is 10.2 Å². The highest BCUT2D eigenvalue weighted by molar-refractivity contribution is 9.10. The third kappa shape index (κ3) is 3.46. The Kier molecular flexibility index (Phi) is 4.57. The van der Waals surface area contributed by atoms with Crippen LogP contribution in [0.1, 0.15) is 13.3 Å². The fourth-order valence-electron chi connectivity index (χ4n) is 1.22. The Balaban J connectivity index is 3.10. The molecule has 4 nitrogen and oxygen atoms in total. The molecule has 0 fully saturated rings. The van der Waals surface area contributed by atoms with Gasteiger partial charge in [-0.1, -0.05) is 12.8 Å². The van der Waals surface area contributed by atoms with Gasteiger partial charge in [0.05, 0.1) is 10.9 Å². The Labute approximate surface area is 110 Å². The summed E-state index contributed by atoms with van der Waals surface area (Å²) in [4.78, 5) is 0.125. The second-order valence-electron chi connectivity index (χ2n) is 3.44. The summed E-state index contributed by atoms with van der Waals surface area (Å²) in [5.41, 5.74) is 6.03. The first-order chi connectivity index (χ1) is 7.90. The lowest BCUT2D eigenvalue weighted by atomic mass is 10.3. The van der Waals surface area contributed by atoms with E-state index in [1.807, 2.05) is 6.92 Å². The van der Waals surface area contributed by atoms with Gasteiger partial charge in [-0.2, -0.15) is 4.72 Å². The van der Waals surface area contributed by atoms with Gasteiger partial charge in [-0.05, 0) is 40.5 Å². The predicted octanol–water partition coefficient (Wildman–Crippen LogP) is 1.72. The van der Waals surface area contributed by atoms with Crippen molar-refractivity contribution in [1.29, 1.82) is 0 Å². The van der Waals surface area contributed by atoms with E-state index in [0.29, 0.717) is 16.6 Å². The number of anilines is 1. The zero-order valence-electron chi connectivity index (χ0n) is 9.27. The Morgan fingerprint density at radius 2 is 2.24 bits per heavy atom. The third-order valence-corrected chi connectivity index (χ3v) is 4.60. The fraction of sp³-hybridized carbons (Fsp3) is 0.273. The van der Waals surface area contributed by atoms with Gasteiger partial charge in [0.25, 0.3) is 0 Å². The van der Waals surface area contributed by atoms with Crippen molar-refractivity contribution in [2.24, 2.45) is 0 Å². The number of halogens is 1. The maximum Gasteiger partial charge on any atom is 0.242 e. The van der Waals surface area contributed by atoms with Gasteiger partial charge in [-0.25, -0.2) is 8.42 Å². The third-order valence-electron chi connectivity index (χ3n) is 2.15. The van der Waals surface area contributed by atoms with E-state index < -0.39 is 16.1 Å². The number of hydrogen-bond donors (Lipinski definition) is 2. The van der Waals surface area contributed by atoms with Crippen LogP contribution in [0.15, 0.2) is 27.6 Å². The molecule has 0 aliphatic heterocycles. The van der Waals surface area contributed by atoms with Crippen molar-refractivity contribution in [3.8, 4) is 12.3 Å². The van der Waals surface area contributed by atoms with Gasteiger partial charge < -0.3 is 5.73 Å². The average molecular weight is 317 g/mol. The maximum atomic E-state index is 12.0. The summed E-state index contributed by atoms with van der Waals surface area (Å²) in [6.45, 7) is 1.81. The number of rotatable bonds is 4. The van der Waals surface area contributed by atoms with E-state index in [9.17, 15) is 8.42 Å². The molecular weight excluding hydrogens is 304 g/mol. The van der Waals surface area contributed by atoms with Crippen molar-refractivity contribution in [3.05, 3.63) is 22.7 Å². The van der Waals surface area contributed by atoms with E-state index in [1.54, 1.807) is 0 Å². The maximum absolute atomic E-state index is 12.0. The molecule has 0 heterocycles. The minimum absolute atomic E-state index is 0.125. The lowest BCUT2D eigenvalue weighted by Crippen LogP contribution is -2.33. The molecule has 1 rings (SSSR count). The van der Waals surface area contributed by atoms with E-state index >= 15 is 0 Å². The molecule has 0 aliphatic carbocycles. The van der Waals surface area contributed by atoms with E-state index in [0.717, 1.165) is 0 Å². The van der Waals surface area contributed by atoms with Crippen LogP contribution in [0.3, 0.4) is 0 Å². The van der Waals surface area contributed by atoms with Crippen LogP contribution in [0.2, 0.25) is 0 Å². The molecule has 0 aliphatic rings. The Morgan fingerprint density at radius 3 is 2.71 bits per heavy atom. The van der Waals surface area contributed by atoms with Crippen LogP contribution >= 0.6 is 15.9 Å². The molecule has 0 bridgehead atoms. The van der Waals surface area contributed by atoms with Gasteiger partial charge >= 0.3 is 0 Å². The predicted molar refractivity (Wildman–Crippen MR) is 71.8 cm³/mol. The summed E-state index contributed by atoms with van der Waals surface area (Å²) in [6.07, 6.45) is 5.75. The molecule has 92 valence electrons. The van der Waals surface area contributed by atoms with E-state index in [2.05, 4.69) is 26.6 Å². The quantitative estimate of drug-likeness (QED) is 0.656. The Hall–Kier alpha value is -1.03. The van der Waals surface area contributed by atoms with E-state index in [1.165, 1.54) is 18.2 Å². The number of benzene rings is 1. The fourth-order valence-corrected chi connectivity index (χ4v) is 3.56. The van der Waals surface area contributed by atoms with Crippen LogP contribution < -0.4 is 10.5 Å². The summed E-state index contributed by atoms with van der Waals surface area (Å²) in [6, 6.07) is 3.98. The molecule has 0 saturated heterocycles. The molecule has 0 aromatic heterocycles. The minimum atomic E-state index is -3.63. The second-order valence-corrected chi connectivity index (χ2v) is 5.98. The Bertz CT molecular complexity index is 549. The van der Waals surface area contributed by atoms with Gasteiger partial charge in [-0.3, -0.25) is 0 Å². The smallest absolute Gasteiger partial charge is 0.242 e. The van der Waals surface area contributed by atoms with Gasteiger partial charge in [0.2, 0.25) is 10.0 Å². The van der Waals surface area contributed by atoms with Crippen LogP contribution in [0.25, 0.3) is 0 Å². The molecule has 1 aromatic rings. The van der Waals surface area contributed by atoms with Gasteiger partial charge in [0.15, 0.2) is 0 Å². The molecule has 0 spiro atoms. The van der Waals surface area contributed by atoms with Gasteiger partial charge in [-0.15, -0.1) is 6.42 Å². The van der Waals surface area contributed by atoms with Crippen molar-refractivity contribution in [3.63, 3.8) is 0 Å². The summed E-state index contributed by atoms with van der Waals surface area (Å²) in [5.74, 6) is 2.38. The topological polar surface area (TPSA) is 72.2 Å². The lowest BCUT2D eigenvalue weighted by molar-refractivity contribution is 0.570. The molecular formula is C11H13BrN2O2S. The zero-order chi connectivity index (χ0) is 13.1. The largest absolute Gasteiger partial charge is 0.399 e. The highest BCUT2D eigenvalue weighted by atomic mass is 79.9. The average Bonchev–Trinajstić information content (AvgIpc) is 2.25. The summed E-state index contributed by atoms with van der Waals surface area (Å²) in [5, 5.41) is 0. The number of nitrogens with one attached hydrogen (secondary N) is 1.